The van der Waals surface area contributed by atoms with E-state index in [1.807, 2.05) is 0 Å². The Balaban J connectivity index is 3.81. The molecule has 0 unspecified atom stereocenters. The van der Waals surface area contributed by atoms with Crippen LogP contribution in [0.2, 0.25) is 0 Å². The van der Waals surface area contributed by atoms with Crippen LogP contribution in [0.1, 0.15) is 12.8 Å². The van der Waals surface area contributed by atoms with E-state index in [0.717, 1.165) is 0 Å². The molecule has 0 saturated carbocycles. The van der Waals surface area contributed by atoms with Gasteiger partial charge in [-0.15, -0.1) is 0 Å². The molecule has 0 aromatic rings. The number of hydroxylamine groups is 1. The first-order chi connectivity index (χ1) is 5.99. The van der Waals surface area contributed by atoms with E-state index < -0.39 is 11.9 Å². The predicted molar refractivity (Wildman–Crippen MR) is 45.8 cm³/mol. The second-order valence-electron chi connectivity index (χ2n) is 2.91. The Labute approximate surface area is 76.6 Å². The molecule has 0 aromatic heterocycles. The number of rotatable bonds is 4. The molecule has 0 spiro atoms. The minimum atomic E-state index is -0.688. The molecule has 0 aromatic carbocycles. The molecule has 0 fully saturated rings. The minimum Gasteiger partial charge on any atom is -0.347 e. The molecule has 0 saturated heterocycles. The second kappa shape index (κ2) is 5.50. The van der Waals surface area contributed by atoms with E-state index >= 15 is 0 Å². The fourth-order valence-electron chi connectivity index (χ4n) is 0.798. The van der Waals surface area contributed by atoms with Crippen molar-refractivity contribution in [2.45, 2.75) is 18.9 Å². The average molecular weight is 189 g/mol. The zero-order chi connectivity index (χ0) is 10.4. The van der Waals surface area contributed by atoms with Crippen LogP contribution in [0, 0.1) is 0 Å². The van der Waals surface area contributed by atoms with Crippen molar-refractivity contribution in [3.63, 3.8) is 0 Å². The number of carbonyl (C=O) groups excluding carboxylic acids is 2. The van der Waals surface area contributed by atoms with E-state index in [-0.39, 0.29) is 18.7 Å². The number of amides is 2. The lowest BCUT2D eigenvalue weighted by Crippen LogP contribution is -2.40. The third kappa shape index (κ3) is 4.44. The maximum Gasteiger partial charge on any atom is 0.243 e. The van der Waals surface area contributed by atoms with E-state index in [2.05, 4.69) is 0 Å². The van der Waals surface area contributed by atoms with Crippen molar-refractivity contribution < 1.29 is 14.8 Å². The Morgan fingerprint density at radius 3 is 2.46 bits per heavy atom. The monoisotopic (exact) mass is 189 g/mol. The van der Waals surface area contributed by atoms with Crippen LogP contribution >= 0.6 is 0 Å². The summed E-state index contributed by atoms with van der Waals surface area (Å²) in [6.07, 6.45) is 0.265. The summed E-state index contributed by atoms with van der Waals surface area (Å²) < 4.78 is 0. The first-order valence-corrected chi connectivity index (χ1v) is 3.88. The van der Waals surface area contributed by atoms with Crippen LogP contribution in [-0.2, 0) is 9.59 Å². The molecule has 0 bridgehead atoms. The number of nitrogens with two attached hydrogens (primary N) is 1. The second-order valence-corrected chi connectivity index (χ2v) is 2.91. The van der Waals surface area contributed by atoms with Gasteiger partial charge in [0.2, 0.25) is 11.8 Å². The molecule has 0 aliphatic carbocycles. The lowest BCUT2D eigenvalue weighted by Gasteiger charge is -2.15. The molecule has 1 atom stereocenters. The van der Waals surface area contributed by atoms with E-state index in [1.165, 1.54) is 10.4 Å². The lowest BCUT2D eigenvalue weighted by molar-refractivity contribution is -0.131. The number of hydrogen-bond donors (Lipinski definition) is 3. The summed E-state index contributed by atoms with van der Waals surface area (Å²) >= 11 is 0. The van der Waals surface area contributed by atoms with Gasteiger partial charge in [0, 0.05) is 20.5 Å². The van der Waals surface area contributed by atoms with Gasteiger partial charge < -0.3 is 10.6 Å². The fourth-order valence-corrected chi connectivity index (χ4v) is 0.798. The number of hydrogen-bond acceptors (Lipinski definition) is 4. The molecule has 0 aliphatic rings. The van der Waals surface area contributed by atoms with Gasteiger partial charge in [-0.25, -0.2) is 5.48 Å². The van der Waals surface area contributed by atoms with Gasteiger partial charge in [-0.05, 0) is 6.42 Å². The van der Waals surface area contributed by atoms with Gasteiger partial charge in [0.1, 0.15) is 0 Å². The summed E-state index contributed by atoms with van der Waals surface area (Å²) in [6, 6.07) is -0.688. The van der Waals surface area contributed by atoms with E-state index in [1.54, 1.807) is 14.1 Å². The number of nitrogens with one attached hydrogen (secondary N) is 1. The molecule has 2 amide bonds. The molecular weight excluding hydrogens is 174 g/mol. The van der Waals surface area contributed by atoms with Gasteiger partial charge in [0.05, 0.1) is 6.04 Å². The van der Waals surface area contributed by atoms with Crippen molar-refractivity contribution in [2.75, 3.05) is 14.1 Å². The van der Waals surface area contributed by atoms with E-state index in [0.29, 0.717) is 0 Å². The van der Waals surface area contributed by atoms with Crippen LogP contribution in [0.15, 0.2) is 0 Å². The average Bonchev–Trinajstić information content (AvgIpc) is 2.11. The Hall–Kier alpha value is -1.14. The summed E-state index contributed by atoms with van der Waals surface area (Å²) in [5, 5.41) is 8.16. The number of likely N-dealkylation sites (N-methyl/N-ethyl adjacent to an activating group) is 1. The summed E-state index contributed by atoms with van der Waals surface area (Å²) in [6.45, 7) is 0. The van der Waals surface area contributed by atoms with Gasteiger partial charge in [-0.3, -0.25) is 14.8 Å². The van der Waals surface area contributed by atoms with Crippen molar-refractivity contribution in [1.29, 1.82) is 0 Å². The van der Waals surface area contributed by atoms with Crippen LogP contribution in [0.3, 0.4) is 0 Å². The smallest absolute Gasteiger partial charge is 0.243 e. The maximum atomic E-state index is 11.2. The third-order valence-corrected chi connectivity index (χ3v) is 1.57. The minimum absolute atomic E-state index is 0.0389. The normalized spacial score (nSPS) is 12.0. The molecule has 0 heterocycles. The highest BCUT2D eigenvalue weighted by Gasteiger charge is 2.16. The summed E-state index contributed by atoms with van der Waals surface area (Å²) in [4.78, 5) is 23.1. The highest BCUT2D eigenvalue weighted by Crippen LogP contribution is 1.97. The predicted octanol–water partition coefficient (Wildman–Crippen LogP) is -1.31. The first-order valence-electron chi connectivity index (χ1n) is 3.88. The van der Waals surface area contributed by atoms with Gasteiger partial charge in [0.15, 0.2) is 0 Å². The molecule has 4 N–H and O–H groups in total. The third-order valence-electron chi connectivity index (χ3n) is 1.57. The quantitative estimate of drug-likeness (QED) is 0.378. The Morgan fingerprint density at radius 1 is 1.54 bits per heavy atom. The summed E-state index contributed by atoms with van der Waals surface area (Å²) in [7, 11) is 3.18. The van der Waals surface area contributed by atoms with Crippen molar-refractivity contribution in [1.82, 2.24) is 10.4 Å². The van der Waals surface area contributed by atoms with Crippen molar-refractivity contribution >= 4 is 11.8 Å². The van der Waals surface area contributed by atoms with Gasteiger partial charge in [-0.1, -0.05) is 0 Å². The molecule has 0 aliphatic heterocycles. The van der Waals surface area contributed by atoms with Crippen molar-refractivity contribution in [2.24, 2.45) is 5.73 Å². The Morgan fingerprint density at radius 2 is 2.08 bits per heavy atom. The number of nitrogens with zero attached hydrogens (tertiary/aromatic N) is 1. The topological polar surface area (TPSA) is 95.7 Å². The molecule has 6 nitrogen and oxygen atoms in total. The van der Waals surface area contributed by atoms with Gasteiger partial charge >= 0.3 is 0 Å². The van der Waals surface area contributed by atoms with E-state index in [9.17, 15) is 9.59 Å². The fraction of sp³-hybridized carbons (Fsp3) is 0.714. The van der Waals surface area contributed by atoms with Crippen LogP contribution in [0.25, 0.3) is 0 Å². The summed E-state index contributed by atoms with van der Waals surface area (Å²) in [5.41, 5.74) is 6.94. The zero-order valence-electron chi connectivity index (χ0n) is 7.78. The molecule has 0 radical (unpaired) electrons. The lowest BCUT2D eigenvalue weighted by atomic mass is 10.1. The van der Waals surface area contributed by atoms with Crippen molar-refractivity contribution in [3.05, 3.63) is 0 Å². The first kappa shape index (κ1) is 11.9. The van der Waals surface area contributed by atoms with Crippen LogP contribution in [0.5, 0.6) is 0 Å². The van der Waals surface area contributed by atoms with Crippen LogP contribution < -0.4 is 11.2 Å². The molecule has 6 heteroatoms. The SMILES string of the molecule is CN(C)C(=O)[C@H](N)CCC(=O)NO. The maximum absolute atomic E-state index is 11.2. The highest BCUT2D eigenvalue weighted by atomic mass is 16.5. The Bertz CT molecular complexity index is 193. The van der Waals surface area contributed by atoms with Crippen LogP contribution in [0.4, 0.5) is 0 Å². The summed E-state index contributed by atoms with van der Waals surface area (Å²) in [5.74, 6) is -0.771. The largest absolute Gasteiger partial charge is 0.347 e. The van der Waals surface area contributed by atoms with E-state index in [4.69, 9.17) is 10.9 Å². The van der Waals surface area contributed by atoms with Gasteiger partial charge in [0.25, 0.3) is 0 Å². The molecule has 13 heavy (non-hydrogen) atoms. The van der Waals surface area contributed by atoms with Crippen molar-refractivity contribution in [3.8, 4) is 0 Å². The molecule has 0 rings (SSSR count). The highest BCUT2D eigenvalue weighted by molar-refractivity contribution is 5.82. The van der Waals surface area contributed by atoms with Crippen LogP contribution in [-0.4, -0.2) is 42.1 Å². The molecule has 76 valence electrons. The number of carbonyl (C=O) groups is 2. The molecular formula is C7H15N3O3. The Kier molecular flexibility index (Phi) is 5.01. The van der Waals surface area contributed by atoms with Gasteiger partial charge in [-0.2, -0.15) is 0 Å². The zero-order valence-corrected chi connectivity index (χ0v) is 7.78. The standard InChI is InChI=1S/C7H15N3O3/c1-10(2)7(12)5(8)3-4-6(11)9-13/h5,13H,3-4,8H2,1-2H3,(H,9,11)/t5-/m1/s1.